The molecule has 0 saturated heterocycles. The van der Waals surface area contributed by atoms with Crippen molar-refractivity contribution < 1.29 is 0 Å². The summed E-state index contributed by atoms with van der Waals surface area (Å²) in [5.41, 5.74) is 5.03. The SMILES string of the molecule is c1ccc(-c2ccc3c(c2)c2ccccc2c2cccc4c5ccc(-c6cccc7c6sc6ccccc67)cc5c5cccc3c5c24)cc1. The summed E-state index contributed by atoms with van der Waals surface area (Å²) in [7, 11) is 0. The Hall–Kier alpha value is -6.02. The number of rotatable bonds is 2. The van der Waals surface area contributed by atoms with Crippen molar-refractivity contribution in [1.82, 2.24) is 0 Å². The standard InChI is InChI=1S/C48H28S/c1-2-11-29(12-3-1)30-23-25-35-39-19-10-20-41-44-28-31(32-16-8-21-42-37-15-6-7-22-45(37)49-48(32)42)24-26-36(44)40-18-9-17-38(46(40)47(39)41)33-13-4-5-14-34(33)43(35)27-30/h1-28H. The Labute approximate surface area is 287 Å². The topological polar surface area (TPSA) is 0 Å². The molecule has 0 amide bonds. The van der Waals surface area contributed by atoms with Crippen molar-refractivity contribution in [3.8, 4) is 22.3 Å². The zero-order valence-electron chi connectivity index (χ0n) is 26.6. The van der Waals surface area contributed by atoms with E-state index < -0.39 is 0 Å². The van der Waals surface area contributed by atoms with E-state index in [1.807, 2.05) is 11.3 Å². The summed E-state index contributed by atoms with van der Waals surface area (Å²) >= 11 is 1.90. The minimum Gasteiger partial charge on any atom is -0.135 e. The summed E-state index contributed by atoms with van der Waals surface area (Å²) in [6.07, 6.45) is 0. The normalized spacial score (nSPS) is 12.1. The molecule has 10 aromatic carbocycles. The van der Waals surface area contributed by atoms with Gasteiger partial charge in [-0.2, -0.15) is 0 Å². The molecule has 11 rings (SSSR count). The fraction of sp³-hybridized carbons (Fsp3) is 0. The first-order valence-electron chi connectivity index (χ1n) is 16.9. The van der Waals surface area contributed by atoms with Crippen LogP contribution >= 0.6 is 11.3 Å². The molecule has 0 fully saturated rings. The Balaban J connectivity index is 1.31. The largest absolute Gasteiger partial charge is 0.135 e. The Morgan fingerprint density at radius 1 is 0.265 bits per heavy atom. The molecule has 0 spiro atoms. The molecule has 0 N–H and O–H groups in total. The molecule has 0 nitrogen and oxygen atoms in total. The average Bonchev–Trinajstić information content (AvgIpc) is 3.56. The van der Waals surface area contributed by atoms with Gasteiger partial charge >= 0.3 is 0 Å². The van der Waals surface area contributed by atoms with E-state index in [0.717, 1.165) is 0 Å². The summed E-state index contributed by atoms with van der Waals surface area (Å²) in [5.74, 6) is 0. The molecule has 0 aliphatic rings. The molecule has 0 bridgehead atoms. The van der Waals surface area contributed by atoms with Crippen LogP contribution in [-0.2, 0) is 0 Å². The van der Waals surface area contributed by atoms with Crippen molar-refractivity contribution in [3.63, 3.8) is 0 Å². The van der Waals surface area contributed by atoms with E-state index in [0.29, 0.717) is 0 Å². The maximum atomic E-state index is 2.45. The van der Waals surface area contributed by atoms with Gasteiger partial charge in [-0.05, 0) is 105 Å². The molecule has 0 aliphatic heterocycles. The molecular weight excluding hydrogens is 609 g/mol. The Morgan fingerprint density at radius 3 is 1.45 bits per heavy atom. The molecule has 226 valence electrons. The van der Waals surface area contributed by atoms with Crippen LogP contribution in [0.15, 0.2) is 170 Å². The number of benzene rings is 9. The molecule has 1 heteroatoms. The van der Waals surface area contributed by atoms with Crippen molar-refractivity contribution in [1.29, 1.82) is 0 Å². The molecule has 0 saturated carbocycles. The van der Waals surface area contributed by atoms with E-state index >= 15 is 0 Å². The van der Waals surface area contributed by atoms with Gasteiger partial charge in [-0.1, -0.05) is 152 Å². The van der Waals surface area contributed by atoms with Gasteiger partial charge in [0.1, 0.15) is 0 Å². The van der Waals surface area contributed by atoms with Crippen molar-refractivity contribution in [3.05, 3.63) is 170 Å². The molecule has 0 aliphatic carbocycles. The second-order valence-electron chi connectivity index (χ2n) is 13.2. The number of fused-ring (bicyclic) bond motifs is 11. The summed E-state index contributed by atoms with van der Waals surface area (Å²) in [6, 6.07) is 63.3. The van der Waals surface area contributed by atoms with Crippen molar-refractivity contribution in [2.45, 2.75) is 0 Å². The Bertz CT molecular complexity index is 3150. The van der Waals surface area contributed by atoms with Crippen LogP contribution in [0.1, 0.15) is 0 Å². The van der Waals surface area contributed by atoms with Crippen LogP contribution in [-0.4, -0.2) is 0 Å². The first kappa shape index (κ1) is 27.0. The van der Waals surface area contributed by atoms with Crippen LogP contribution in [0.25, 0.3) is 107 Å². The van der Waals surface area contributed by atoms with E-state index in [9.17, 15) is 0 Å². The highest BCUT2D eigenvalue weighted by molar-refractivity contribution is 7.26. The van der Waals surface area contributed by atoms with Gasteiger partial charge in [0.25, 0.3) is 0 Å². The summed E-state index contributed by atoms with van der Waals surface area (Å²) in [6.45, 7) is 0. The molecule has 49 heavy (non-hydrogen) atoms. The third kappa shape index (κ3) is 3.85. The Morgan fingerprint density at radius 2 is 0.735 bits per heavy atom. The van der Waals surface area contributed by atoms with E-state index in [-0.39, 0.29) is 0 Å². The van der Waals surface area contributed by atoms with Gasteiger partial charge in [0.05, 0.1) is 0 Å². The first-order chi connectivity index (χ1) is 24.3. The van der Waals surface area contributed by atoms with Gasteiger partial charge in [-0.3, -0.25) is 0 Å². The third-order valence-electron chi connectivity index (χ3n) is 10.6. The predicted octanol–water partition coefficient (Wildman–Crippen LogP) is 14.3. The zero-order chi connectivity index (χ0) is 32.1. The minimum absolute atomic E-state index is 1.23. The Kier molecular flexibility index (Phi) is 5.64. The summed E-state index contributed by atoms with van der Waals surface area (Å²) < 4.78 is 2.69. The quantitative estimate of drug-likeness (QED) is 0.166. The van der Waals surface area contributed by atoms with Crippen LogP contribution in [0, 0.1) is 0 Å². The zero-order valence-corrected chi connectivity index (χ0v) is 27.4. The van der Waals surface area contributed by atoms with Gasteiger partial charge < -0.3 is 0 Å². The van der Waals surface area contributed by atoms with E-state index in [2.05, 4.69) is 170 Å². The first-order valence-corrected chi connectivity index (χ1v) is 17.7. The molecule has 0 atom stereocenters. The average molecular weight is 637 g/mol. The van der Waals surface area contributed by atoms with Crippen molar-refractivity contribution in [2.75, 3.05) is 0 Å². The minimum atomic E-state index is 1.23. The monoisotopic (exact) mass is 636 g/mol. The van der Waals surface area contributed by atoms with E-state index in [4.69, 9.17) is 0 Å². The summed E-state index contributed by atoms with van der Waals surface area (Å²) in [5, 5.41) is 18.2. The predicted molar refractivity (Wildman–Crippen MR) is 215 cm³/mol. The van der Waals surface area contributed by atoms with E-state index in [1.54, 1.807) is 0 Å². The maximum absolute atomic E-state index is 2.45. The summed E-state index contributed by atoms with van der Waals surface area (Å²) in [4.78, 5) is 0. The van der Waals surface area contributed by atoms with Gasteiger partial charge in [0, 0.05) is 20.2 Å². The molecule has 1 aromatic heterocycles. The lowest BCUT2D eigenvalue weighted by Crippen LogP contribution is -1.89. The van der Waals surface area contributed by atoms with Crippen LogP contribution in [0.3, 0.4) is 0 Å². The highest BCUT2D eigenvalue weighted by Crippen LogP contribution is 2.46. The smallest absolute Gasteiger partial charge is 0.0433 e. The van der Waals surface area contributed by atoms with Gasteiger partial charge in [-0.15, -0.1) is 11.3 Å². The second-order valence-corrected chi connectivity index (χ2v) is 14.2. The molecule has 1 heterocycles. The lowest BCUT2D eigenvalue weighted by atomic mass is 9.86. The molecular formula is C48H28S. The highest BCUT2D eigenvalue weighted by Gasteiger charge is 2.18. The second kappa shape index (κ2) is 10.2. The fourth-order valence-corrected chi connectivity index (χ4v) is 9.69. The number of hydrogen-bond acceptors (Lipinski definition) is 1. The van der Waals surface area contributed by atoms with Gasteiger partial charge in [-0.25, -0.2) is 0 Å². The van der Waals surface area contributed by atoms with Crippen LogP contribution in [0.2, 0.25) is 0 Å². The molecule has 0 radical (unpaired) electrons. The highest BCUT2D eigenvalue weighted by atomic mass is 32.1. The number of hydrogen-bond donors (Lipinski definition) is 0. The maximum Gasteiger partial charge on any atom is 0.0433 e. The van der Waals surface area contributed by atoms with Crippen molar-refractivity contribution in [2.24, 2.45) is 0 Å². The van der Waals surface area contributed by atoms with Gasteiger partial charge in [0.2, 0.25) is 0 Å². The van der Waals surface area contributed by atoms with Crippen LogP contribution in [0.4, 0.5) is 0 Å². The lowest BCUT2D eigenvalue weighted by Gasteiger charge is -2.17. The van der Waals surface area contributed by atoms with Crippen LogP contribution in [0.5, 0.6) is 0 Å². The van der Waals surface area contributed by atoms with Crippen molar-refractivity contribution >= 4 is 96.1 Å². The van der Waals surface area contributed by atoms with E-state index in [1.165, 1.54) is 107 Å². The molecule has 0 unspecified atom stereocenters. The third-order valence-corrected chi connectivity index (χ3v) is 11.8. The molecule has 11 aromatic rings. The fourth-order valence-electron chi connectivity index (χ4n) is 8.45. The number of thiophene rings is 1. The van der Waals surface area contributed by atoms with Gasteiger partial charge in [0.15, 0.2) is 0 Å². The van der Waals surface area contributed by atoms with Crippen LogP contribution < -0.4 is 0 Å². The lowest BCUT2D eigenvalue weighted by molar-refractivity contribution is 1.65.